The van der Waals surface area contributed by atoms with Gasteiger partial charge in [-0.25, -0.2) is 4.39 Å². The van der Waals surface area contributed by atoms with Gasteiger partial charge in [0.05, 0.1) is 16.2 Å². The molecule has 48 heavy (non-hydrogen) atoms. The van der Waals surface area contributed by atoms with Crippen LogP contribution < -0.4 is 0 Å². The fourth-order valence-electron chi connectivity index (χ4n) is 8.58. The number of rotatable bonds is 7. The molecule has 2 aliphatic heterocycles. The van der Waals surface area contributed by atoms with Gasteiger partial charge in [-0.2, -0.15) is 0 Å². The Kier molecular flexibility index (Phi) is 13.8. The lowest BCUT2D eigenvalue weighted by atomic mass is 9.77. The highest BCUT2D eigenvalue weighted by Crippen LogP contribution is 2.42. The Labute approximate surface area is 295 Å². The van der Waals surface area contributed by atoms with Gasteiger partial charge in [-0.15, -0.1) is 0 Å². The number of piperazine rings is 2. The summed E-state index contributed by atoms with van der Waals surface area (Å²) in [4.78, 5) is 9.80. The first-order valence-corrected chi connectivity index (χ1v) is 19.2. The first kappa shape index (κ1) is 37.7. The molecule has 0 aromatic heterocycles. The number of benzene rings is 2. The second kappa shape index (κ2) is 17.6. The maximum Gasteiger partial charge on any atom is 0.141 e. The molecule has 2 aliphatic carbocycles. The third kappa shape index (κ3) is 10.0. The molecule has 4 unspecified atom stereocenters. The van der Waals surface area contributed by atoms with E-state index in [4.69, 9.17) is 11.6 Å². The molecule has 2 saturated heterocycles. The Hall–Kier alpha value is -1.58. The van der Waals surface area contributed by atoms with Crippen molar-refractivity contribution in [1.29, 1.82) is 0 Å². The Bertz CT molecular complexity index is 1280. The summed E-state index contributed by atoms with van der Waals surface area (Å²) in [6.07, 6.45) is 11.7. The second-order valence-corrected chi connectivity index (χ2v) is 16.0. The lowest BCUT2D eigenvalue weighted by Gasteiger charge is -2.41. The summed E-state index contributed by atoms with van der Waals surface area (Å²) in [6.45, 7) is 13.0. The highest BCUT2D eigenvalue weighted by Gasteiger charge is 2.41. The summed E-state index contributed by atoms with van der Waals surface area (Å²) >= 11 is 5.99. The van der Waals surface area contributed by atoms with Crippen LogP contribution in [-0.2, 0) is 12.0 Å². The highest BCUT2D eigenvalue weighted by atomic mass is 35.5. The van der Waals surface area contributed by atoms with Crippen LogP contribution in [0.1, 0.15) is 80.9 Å². The minimum absolute atomic E-state index is 0.100. The minimum Gasteiger partial charge on any atom is -0.389 e. The zero-order chi connectivity index (χ0) is 34.1. The third-order valence-corrected chi connectivity index (χ3v) is 12.3. The topological polar surface area (TPSA) is 53.4 Å². The first-order valence-electron chi connectivity index (χ1n) is 18.8. The SMILES string of the molecule is CN1CCN(CC2CCCCCC2(O)c2ccc(F)c(Cl)c2)CC1.Cc1ccccc1CC1(O)CCCCCC1CN1CCN(C)CC1. The summed E-state index contributed by atoms with van der Waals surface area (Å²) in [5, 5.41) is 23.3. The maximum absolute atomic E-state index is 13.6. The molecule has 4 aliphatic rings. The molecule has 2 saturated carbocycles. The van der Waals surface area contributed by atoms with Crippen LogP contribution in [0.4, 0.5) is 4.39 Å². The fraction of sp³-hybridized carbons (Fsp3) is 0.700. The quantitative estimate of drug-likeness (QED) is 0.321. The Morgan fingerprint density at radius 2 is 1.29 bits per heavy atom. The molecule has 0 amide bonds. The van der Waals surface area contributed by atoms with Crippen molar-refractivity contribution in [2.24, 2.45) is 11.8 Å². The largest absolute Gasteiger partial charge is 0.389 e. The average molecular weight is 685 g/mol. The summed E-state index contributed by atoms with van der Waals surface area (Å²) in [6, 6.07) is 13.3. The summed E-state index contributed by atoms with van der Waals surface area (Å²) in [5.74, 6) is 0.154. The van der Waals surface area contributed by atoms with E-state index in [1.165, 1.54) is 42.9 Å². The first-order chi connectivity index (χ1) is 23.1. The van der Waals surface area contributed by atoms with Gasteiger partial charge in [0.1, 0.15) is 5.82 Å². The molecule has 6 rings (SSSR count). The number of aryl methyl sites for hydroxylation is 1. The van der Waals surface area contributed by atoms with Crippen LogP contribution in [-0.4, -0.2) is 115 Å². The molecule has 4 fully saturated rings. The van der Waals surface area contributed by atoms with E-state index in [0.717, 1.165) is 116 Å². The zero-order valence-corrected chi connectivity index (χ0v) is 30.7. The van der Waals surface area contributed by atoms with E-state index in [9.17, 15) is 14.6 Å². The van der Waals surface area contributed by atoms with E-state index >= 15 is 0 Å². The molecule has 2 N–H and O–H groups in total. The molecular weight excluding hydrogens is 623 g/mol. The van der Waals surface area contributed by atoms with Crippen LogP contribution in [0, 0.1) is 24.6 Å². The summed E-state index contributed by atoms with van der Waals surface area (Å²) in [7, 11) is 4.36. The number of hydrogen-bond donors (Lipinski definition) is 2. The predicted octanol–water partition coefficient (Wildman–Crippen LogP) is 6.59. The summed E-state index contributed by atoms with van der Waals surface area (Å²) in [5.41, 5.74) is 1.97. The van der Waals surface area contributed by atoms with Crippen molar-refractivity contribution in [3.05, 3.63) is 70.0 Å². The van der Waals surface area contributed by atoms with E-state index in [2.05, 4.69) is 64.9 Å². The van der Waals surface area contributed by atoms with Crippen LogP contribution in [0.2, 0.25) is 5.02 Å². The number of likely N-dealkylation sites (N-methyl/N-ethyl adjacent to an activating group) is 2. The zero-order valence-electron chi connectivity index (χ0n) is 30.0. The smallest absolute Gasteiger partial charge is 0.141 e. The number of aliphatic hydroxyl groups is 2. The molecule has 4 atom stereocenters. The standard InChI is InChI=1S/C21H34N2O.C19H28ClFN2O/c1-18-8-5-6-9-19(18)16-21(24)11-7-3-4-10-20(21)17-23-14-12-22(2)13-15-23;1-22-9-11-23(12-10-22)14-16-5-3-2-4-8-19(16,24)15-6-7-18(21)17(20)13-15/h5-6,8-9,20,24H,3-4,7,10-17H2,1-2H3;6-7,13,16,24H,2-5,8-12,14H2,1H3. The lowest BCUT2D eigenvalue weighted by molar-refractivity contribution is -0.0465. The van der Waals surface area contributed by atoms with E-state index < -0.39 is 17.0 Å². The monoisotopic (exact) mass is 684 g/mol. The van der Waals surface area contributed by atoms with Gasteiger partial charge < -0.3 is 29.8 Å². The molecule has 6 nitrogen and oxygen atoms in total. The van der Waals surface area contributed by atoms with E-state index in [-0.39, 0.29) is 10.9 Å². The normalized spacial score (nSPS) is 30.2. The molecule has 0 radical (unpaired) electrons. The maximum atomic E-state index is 13.6. The lowest BCUT2D eigenvalue weighted by Crippen LogP contribution is -2.50. The molecule has 2 aromatic carbocycles. The van der Waals surface area contributed by atoms with Gasteiger partial charge in [0, 0.05) is 83.7 Å². The summed E-state index contributed by atoms with van der Waals surface area (Å²) < 4.78 is 13.6. The van der Waals surface area contributed by atoms with Crippen molar-refractivity contribution in [2.75, 3.05) is 79.5 Å². The Morgan fingerprint density at radius 1 is 0.729 bits per heavy atom. The van der Waals surface area contributed by atoms with Gasteiger partial charge >= 0.3 is 0 Å². The molecule has 0 spiro atoms. The number of hydrogen-bond acceptors (Lipinski definition) is 6. The van der Waals surface area contributed by atoms with Crippen LogP contribution in [0.25, 0.3) is 0 Å². The number of nitrogens with zero attached hydrogens (tertiary/aromatic N) is 4. The van der Waals surface area contributed by atoms with Crippen LogP contribution in [0.15, 0.2) is 42.5 Å². The van der Waals surface area contributed by atoms with Gasteiger partial charge in [0.2, 0.25) is 0 Å². The van der Waals surface area contributed by atoms with Crippen molar-refractivity contribution in [1.82, 2.24) is 19.6 Å². The fourth-order valence-corrected chi connectivity index (χ4v) is 8.76. The van der Waals surface area contributed by atoms with Gasteiger partial charge in [-0.1, -0.05) is 80.5 Å². The van der Waals surface area contributed by atoms with Crippen molar-refractivity contribution < 1.29 is 14.6 Å². The van der Waals surface area contributed by atoms with Gasteiger partial charge in [0.15, 0.2) is 0 Å². The minimum atomic E-state index is -0.906. The predicted molar refractivity (Wildman–Crippen MR) is 196 cm³/mol. The molecule has 2 heterocycles. The third-order valence-electron chi connectivity index (χ3n) is 12.0. The highest BCUT2D eigenvalue weighted by molar-refractivity contribution is 6.30. The van der Waals surface area contributed by atoms with Crippen LogP contribution in [0.3, 0.4) is 0 Å². The van der Waals surface area contributed by atoms with Gasteiger partial charge in [0.25, 0.3) is 0 Å². The van der Waals surface area contributed by atoms with Crippen molar-refractivity contribution in [3.63, 3.8) is 0 Å². The van der Waals surface area contributed by atoms with Crippen molar-refractivity contribution in [2.45, 2.75) is 88.8 Å². The molecule has 268 valence electrons. The molecule has 2 aromatic rings. The van der Waals surface area contributed by atoms with Crippen LogP contribution >= 0.6 is 11.6 Å². The van der Waals surface area contributed by atoms with Gasteiger partial charge in [-0.05, 0) is 75.5 Å². The average Bonchev–Trinajstić information content (AvgIpc) is 3.37. The van der Waals surface area contributed by atoms with E-state index in [0.29, 0.717) is 5.92 Å². The van der Waals surface area contributed by atoms with Crippen molar-refractivity contribution in [3.8, 4) is 0 Å². The molecule has 0 bridgehead atoms. The second-order valence-electron chi connectivity index (χ2n) is 15.6. The number of halogens is 2. The molecular formula is C40H62ClFN4O2. The Morgan fingerprint density at radius 3 is 1.90 bits per heavy atom. The van der Waals surface area contributed by atoms with Crippen molar-refractivity contribution >= 4 is 11.6 Å². The van der Waals surface area contributed by atoms with E-state index in [1.807, 2.05) is 0 Å². The van der Waals surface area contributed by atoms with E-state index in [1.54, 1.807) is 12.1 Å². The Balaban J connectivity index is 0.000000188. The molecule has 8 heteroatoms. The van der Waals surface area contributed by atoms with Crippen LogP contribution in [0.5, 0.6) is 0 Å². The van der Waals surface area contributed by atoms with Gasteiger partial charge in [-0.3, -0.25) is 0 Å².